The molecule has 0 aromatic rings. The maximum Gasteiger partial charge on any atom is 0.129 e. The largest absolute Gasteiger partial charge is 0.315 e. The van der Waals surface area contributed by atoms with E-state index in [4.69, 9.17) is 10.5 Å². The first-order valence-electron chi connectivity index (χ1n) is 3.15. The normalized spacial score (nSPS) is 18.9. The number of hydroxylamine groups is 1. The van der Waals surface area contributed by atoms with Gasteiger partial charge in [0.1, 0.15) is 5.54 Å². The van der Waals surface area contributed by atoms with Gasteiger partial charge < -0.3 is 5.21 Å². The van der Waals surface area contributed by atoms with Gasteiger partial charge in [0.15, 0.2) is 0 Å². The van der Waals surface area contributed by atoms with E-state index in [1.807, 2.05) is 25.4 Å². The van der Waals surface area contributed by atoms with Crippen molar-refractivity contribution in [3.63, 3.8) is 0 Å². The quantitative estimate of drug-likeness (QED) is 0.526. The zero-order chi connectivity index (χ0) is 7.33. The molecule has 2 N–H and O–H groups in total. The zero-order valence-corrected chi connectivity index (χ0v) is 5.81. The first kappa shape index (κ1) is 8.41. The summed E-state index contributed by atoms with van der Waals surface area (Å²) in [4.78, 5) is 0. The number of rotatable bonds is 1. The fraction of sp³-hybridized carbons (Fsp3) is 0.833. The number of nitrogens with one attached hydrogen (secondary N) is 1. The van der Waals surface area contributed by atoms with Gasteiger partial charge >= 0.3 is 0 Å². The summed E-state index contributed by atoms with van der Waals surface area (Å²) in [5.74, 6) is 0. The summed E-state index contributed by atoms with van der Waals surface area (Å²) in [7, 11) is 0. The van der Waals surface area contributed by atoms with Crippen LogP contribution in [0.2, 0.25) is 0 Å². The molecule has 0 atom stereocenters. The molecule has 0 spiro atoms. The number of nitriles is 1. The Morgan fingerprint density at radius 1 is 1.67 bits per heavy atom. The summed E-state index contributed by atoms with van der Waals surface area (Å²) in [5.41, 5.74) is 1.39. The van der Waals surface area contributed by atoms with Gasteiger partial charge in [-0.15, -0.1) is 0 Å². The average Bonchev–Trinajstić information content (AvgIpc) is 2.72. The van der Waals surface area contributed by atoms with E-state index < -0.39 is 5.54 Å². The van der Waals surface area contributed by atoms with Crippen molar-refractivity contribution in [3.05, 3.63) is 0 Å². The molecular formula is C6H14N2O. The van der Waals surface area contributed by atoms with Crippen molar-refractivity contribution in [3.8, 4) is 6.07 Å². The van der Waals surface area contributed by atoms with Gasteiger partial charge in [-0.2, -0.15) is 10.7 Å². The minimum absolute atomic E-state index is 0. The van der Waals surface area contributed by atoms with Gasteiger partial charge in [0, 0.05) is 1.43 Å². The van der Waals surface area contributed by atoms with Crippen molar-refractivity contribution >= 4 is 0 Å². The lowest BCUT2D eigenvalue weighted by atomic mass is 10.3. The second kappa shape index (κ2) is 3.44. The lowest BCUT2D eigenvalue weighted by Crippen LogP contribution is -2.25. The van der Waals surface area contributed by atoms with Gasteiger partial charge in [0.25, 0.3) is 0 Å². The van der Waals surface area contributed by atoms with E-state index in [-0.39, 0.29) is 1.43 Å². The molecule has 1 aliphatic rings. The Morgan fingerprint density at radius 2 is 2.11 bits per heavy atom. The highest BCUT2D eigenvalue weighted by Crippen LogP contribution is 2.33. The fourth-order valence-corrected chi connectivity index (χ4v) is 0.374. The first-order chi connectivity index (χ1) is 4.33. The third-order valence-corrected chi connectivity index (χ3v) is 1.18. The summed E-state index contributed by atoms with van der Waals surface area (Å²) in [6.45, 7) is 4.00. The molecule has 0 amide bonds. The minimum atomic E-state index is -0.556. The van der Waals surface area contributed by atoms with E-state index in [2.05, 4.69) is 0 Å². The van der Waals surface area contributed by atoms with E-state index in [1.165, 1.54) is 0 Å². The highest BCUT2D eigenvalue weighted by atomic mass is 16.5. The predicted octanol–water partition coefficient (Wildman–Crippen LogP) is 1.29. The number of nitrogens with zero attached hydrogens (tertiary/aromatic N) is 1. The molecular weight excluding hydrogens is 116 g/mol. The van der Waals surface area contributed by atoms with Crippen LogP contribution in [-0.4, -0.2) is 10.7 Å². The Hall–Kier alpha value is -0.590. The molecule has 0 radical (unpaired) electrons. The summed E-state index contributed by atoms with van der Waals surface area (Å²) >= 11 is 0. The van der Waals surface area contributed by atoms with Crippen LogP contribution in [0, 0.1) is 11.3 Å². The summed E-state index contributed by atoms with van der Waals surface area (Å²) in [5, 5.41) is 16.4. The smallest absolute Gasteiger partial charge is 0.129 e. The predicted molar refractivity (Wildman–Crippen MR) is 36.0 cm³/mol. The van der Waals surface area contributed by atoms with Gasteiger partial charge in [0.05, 0.1) is 6.07 Å². The van der Waals surface area contributed by atoms with Crippen LogP contribution in [0.5, 0.6) is 0 Å². The van der Waals surface area contributed by atoms with Crippen LogP contribution >= 0.6 is 0 Å². The van der Waals surface area contributed by atoms with Crippen molar-refractivity contribution in [1.29, 1.82) is 5.26 Å². The highest BCUT2D eigenvalue weighted by Gasteiger charge is 2.42. The summed E-state index contributed by atoms with van der Waals surface area (Å²) < 4.78 is 0. The van der Waals surface area contributed by atoms with Crippen molar-refractivity contribution in [1.82, 2.24) is 5.48 Å². The maximum absolute atomic E-state index is 8.18. The average molecular weight is 130 g/mol. The number of hydrogen-bond acceptors (Lipinski definition) is 3. The van der Waals surface area contributed by atoms with Gasteiger partial charge in [-0.25, -0.2) is 0 Å². The Balaban J connectivity index is 0. The number of hydrogen-bond donors (Lipinski definition) is 2. The molecule has 0 saturated heterocycles. The van der Waals surface area contributed by atoms with E-state index in [0.717, 1.165) is 12.8 Å². The molecule has 1 rings (SSSR count). The monoisotopic (exact) mass is 130 g/mol. The van der Waals surface area contributed by atoms with Crippen molar-refractivity contribution in [2.24, 2.45) is 0 Å². The molecule has 1 fully saturated rings. The standard InChI is InChI=1S/C4H6N2O.C2H6.H2/c5-3-4(6-7)1-2-4;1-2;/h6-7H,1-2H2;1-2H3;1H. The van der Waals surface area contributed by atoms with Crippen LogP contribution in [-0.2, 0) is 0 Å². The van der Waals surface area contributed by atoms with Crippen molar-refractivity contribution in [2.45, 2.75) is 32.2 Å². The Labute approximate surface area is 56.7 Å². The van der Waals surface area contributed by atoms with Crippen molar-refractivity contribution < 1.29 is 6.63 Å². The van der Waals surface area contributed by atoms with Crippen LogP contribution in [0.1, 0.15) is 28.1 Å². The first-order valence-corrected chi connectivity index (χ1v) is 3.15. The molecule has 0 heterocycles. The zero-order valence-electron chi connectivity index (χ0n) is 5.81. The van der Waals surface area contributed by atoms with E-state index >= 15 is 0 Å². The minimum Gasteiger partial charge on any atom is -0.315 e. The third-order valence-electron chi connectivity index (χ3n) is 1.18. The molecule has 0 aromatic heterocycles. The maximum atomic E-state index is 8.18. The van der Waals surface area contributed by atoms with Crippen LogP contribution in [0.25, 0.3) is 0 Å². The Morgan fingerprint density at radius 3 is 2.11 bits per heavy atom. The molecule has 0 bridgehead atoms. The Bertz CT molecular complexity index is 117. The fourth-order valence-electron chi connectivity index (χ4n) is 0.374. The molecule has 9 heavy (non-hydrogen) atoms. The molecule has 1 aliphatic carbocycles. The second-order valence-electron chi connectivity index (χ2n) is 1.81. The van der Waals surface area contributed by atoms with E-state index in [1.54, 1.807) is 0 Å². The third kappa shape index (κ3) is 2.00. The van der Waals surface area contributed by atoms with Gasteiger partial charge in [-0.3, -0.25) is 0 Å². The molecule has 54 valence electrons. The summed E-state index contributed by atoms with van der Waals surface area (Å²) in [6, 6.07) is 1.94. The topological polar surface area (TPSA) is 56.0 Å². The summed E-state index contributed by atoms with van der Waals surface area (Å²) in [6.07, 6.45) is 1.56. The highest BCUT2D eigenvalue weighted by molar-refractivity contribution is 5.16. The second-order valence-corrected chi connectivity index (χ2v) is 1.81. The van der Waals surface area contributed by atoms with Crippen LogP contribution < -0.4 is 5.48 Å². The van der Waals surface area contributed by atoms with E-state index in [0.29, 0.717) is 0 Å². The van der Waals surface area contributed by atoms with Gasteiger partial charge in [0.2, 0.25) is 0 Å². The van der Waals surface area contributed by atoms with Gasteiger partial charge in [-0.05, 0) is 12.8 Å². The van der Waals surface area contributed by atoms with Crippen molar-refractivity contribution in [2.75, 3.05) is 0 Å². The molecule has 3 nitrogen and oxygen atoms in total. The van der Waals surface area contributed by atoms with Crippen LogP contribution in [0.15, 0.2) is 0 Å². The van der Waals surface area contributed by atoms with Crippen LogP contribution in [0.4, 0.5) is 0 Å². The lowest BCUT2D eigenvalue weighted by Gasteiger charge is -1.95. The molecule has 0 aliphatic heterocycles. The SMILES string of the molecule is CC.N#CC1(NO)CC1.[HH]. The molecule has 1 saturated carbocycles. The molecule has 0 unspecified atom stereocenters. The molecule has 0 aromatic carbocycles. The molecule has 3 heteroatoms. The van der Waals surface area contributed by atoms with Crippen LogP contribution in [0.3, 0.4) is 0 Å². The van der Waals surface area contributed by atoms with E-state index in [9.17, 15) is 0 Å². The van der Waals surface area contributed by atoms with Gasteiger partial charge in [-0.1, -0.05) is 13.8 Å². The Kier molecular flexibility index (Phi) is 3.21. The lowest BCUT2D eigenvalue weighted by molar-refractivity contribution is 0.137.